The first kappa shape index (κ1) is 31.7. The first-order valence-corrected chi connectivity index (χ1v) is 15.0. The van der Waals surface area contributed by atoms with E-state index in [1.54, 1.807) is 12.3 Å². The number of benzene rings is 2. The minimum absolute atomic E-state index is 0. The topological polar surface area (TPSA) is 126 Å². The molecule has 0 spiro atoms. The number of ether oxygens (including phenoxy) is 1. The highest BCUT2D eigenvalue weighted by molar-refractivity contribution is 7.91. The summed E-state index contributed by atoms with van der Waals surface area (Å²) in [6, 6.07) is 18.5. The smallest absolute Gasteiger partial charge is 0.259 e. The normalized spacial score (nSPS) is 25.3. The molecule has 3 aromatic rings. The number of amides is 2. The van der Waals surface area contributed by atoms with Crippen LogP contribution in [0.5, 0.6) is 5.88 Å². The highest BCUT2D eigenvalue weighted by Crippen LogP contribution is 2.48. The molecular weight excluding hydrogens is 599 g/mol. The van der Waals surface area contributed by atoms with Gasteiger partial charge >= 0.3 is 0 Å². The molecular formula is C30H34Cl2N4O5S. The van der Waals surface area contributed by atoms with Crippen LogP contribution in [0.3, 0.4) is 0 Å². The minimum Gasteiger partial charge on any atom is -0.472 e. The molecule has 4 atom stereocenters. The summed E-state index contributed by atoms with van der Waals surface area (Å²) in [6.07, 6.45) is 4.95. The number of aromatic nitrogens is 1. The summed E-state index contributed by atoms with van der Waals surface area (Å²) in [5, 5.41) is 7.92. The van der Waals surface area contributed by atoms with Gasteiger partial charge in [0.1, 0.15) is 11.6 Å². The molecule has 0 unspecified atom stereocenters. The molecule has 2 heterocycles. The van der Waals surface area contributed by atoms with E-state index in [0.29, 0.717) is 44.5 Å². The van der Waals surface area contributed by atoms with Crippen molar-refractivity contribution in [2.24, 2.45) is 5.92 Å². The van der Waals surface area contributed by atoms with E-state index in [9.17, 15) is 18.0 Å². The molecule has 9 nitrogen and oxygen atoms in total. The summed E-state index contributed by atoms with van der Waals surface area (Å²) in [5.74, 6) is -0.940. The summed E-state index contributed by atoms with van der Waals surface area (Å²) < 4.78 is 34.1. The molecule has 1 saturated heterocycles. The maximum atomic E-state index is 13.4. The average molecular weight is 634 g/mol. The van der Waals surface area contributed by atoms with Gasteiger partial charge in [0.05, 0.1) is 10.8 Å². The third-order valence-corrected chi connectivity index (χ3v) is 10.5. The number of fused-ring (bicyclic) bond motifs is 1. The Hall–Kier alpha value is -3.18. The van der Waals surface area contributed by atoms with E-state index < -0.39 is 32.3 Å². The van der Waals surface area contributed by atoms with Crippen LogP contribution >= 0.6 is 24.8 Å². The van der Waals surface area contributed by atoms with Crippen LogP contribution in [0.4, 0.5) is 0 Å². The zero-order chi connectivity index (χ0) is 28.0. The van der Waals surface area contributed by atoms with Crippen molar-refractivity contribution in [3.05, 3.63) is 85.1 Å². The number of carbonyl (C=O) groups is 2. The first-order chi connectivity index (χ1) is 19.3. The summed E-state index contributed by atoms with van der Waals surface area (Å²) in [6.45, 7) is 4.21. The SMILES string of the molecule is C=C[C@@H]1C[C@]1(NC(=O)[C@@H]1C[C@@H](Oc2nccc3ccccc23)CN1)C(=O)NS(=O)(=O)C1(Cc2ccccc2)CC1.Cl.Cl. The second kappa shape index (κ2) is 12.2. The lowest BCUT2D eigenvalue weighted by atomic mass is 10.1. The summed E-state index contributed by atoms with van der Waals surface area (Å²) >= 11 is 0. The maximum absolute atomic E-state index is 13.4. The zero-order valence-corrected chi connectivity index (χ0v) is 25.3. The third kappa shape index (κ3) is 5.99. The molecule has 224 valence electrons. The van der Waals surface area contributed by atoms with Crippen molar-refractivity contribution in [2.75, 3.05) is 6.54 Å². The van der Waals surface area contributed by atoms with Crippen LogP contribution in [0.15, 0.2) is 79.5 Å². The number of pyridine rings is 1. The molecule has 6 rings (SSSR count). The number of hydrogen-bond acceptors (Lipinski definition) is 7. The number of halogens is 2. The molecule has 2 aliphatic carbocycles. The van der Waals surface area contributed by atoms with E-state index in [0.717, 1.165) is 16.3 Å². The van der Waals surface area contributed by atoms with Gasteiger partial charge < -0.3 is 15.4 Å². The fraction of sp³-hybridized carbons (Fsp3) is 0.367. The number of nitrogens with one attached hydrogen (secondary N) is 3. The minimum atomic E-state index is -3.96. The molecule has 1 aliphatic heterocycles. The Kier molecular flexibility index (Phi) is 9.22. The number of carbonyl (C=O) groups excluding carboxylic acids is 2. The lowest BCUT2D eigenvalue weighted by molar-refractivity contribution is -0.130. The second-order valence-electron chi connectivity index (χ2n) is 11.1. The van der Waals surface area contributed by atoms with E-state index >= 15 is 0 Å². The van der Waals surface area contributed by atoms with Gasteiger partial charge in [0.2, 0.25) is 21.8 Å². The van der Waals surface area contributed by atoms with E-state index in [-0.39, 0.29) is 42.7 Å². The molecule has 1 aromatic heterocycles. The largest absolute Gasteiger partial charge is 0.472 e. The molecule has 0 bridgehead atoms. The molecule has 2 aromatic carbocycles. The van der Waals surface area contributed by atoms with Crippen LogP contribution in [-0.4, -0.2) is 54.2 Å². The Balaban J connectivity index is 0.00000202. The predicted molar refractivity (Wildman–Crippen MR) is 165 cm³/mol. The monoisotopic (exact) mass is 632 g/mol. The van der Waals surface area contributed by atoms with Crippen LogP contribution in [0.25, 0.3) is 10.8 Å². The summed E-state index contributed by atoms with van der Waals surface area (Å²) in [5.41, 5.74) is -0.439. The van der Waals surface area contributed by atoms with Gasteiger partial charge in [0.15, 0.2) is 0 Å². The standard InChI is InChI=1S/C30H32N4O5S.2ClH/c1-2-22-18-30(22,28(36)34-40(37,38)29(13-14-29)17-20-8-4-3-5-9-20)33-26(35)25-16-23(19-32-25)39-27-24-11-7-6-10-21(24)12-15-31-27;;/h2-12,15,22-23,25,32H,1,13-14,16-19H2,(H,33,35)(H,34,36);2*1H/t22-,23-,25+,30-;;/m1../s1. The van der Waals surface area contributed by atoms with Gasteiger partial charge in [-0.1, -0.05) is 54.6 Å². The fourth-order valence-electron chi connectivity index (χ4n) is 5.65. The van der Waals surface area contributed by atoms with Crippen LogP contribution in [-0.2, 0) is 26.0 Å². The maximum Gasteiger partial charge on any atom is 0.259 e. The van der Waals surface area contributed by atoms with Gasteiger partial charge in [-0.2, -0.15) is 0 Å². The van der Waals surface area contributed by atoms with Crippen molar-refractivity contribution in [2.45, 2.75) is 54.5 Å². The number of sulfonamides is 1. The van der Waals surface area contributed by atoms with Crippen molar-refractivity contribution in [1.82, 2.24) is 20.3 Å². The molecule has 3 N–H and O–H groups in total. The zero-order valence-electron chi connectivity index (χ0n) is 22.8. The quantitative estimate of drug-likeness (QED) is 0.292. The van der Waals surface area contributed by atoms with Crippen LogP contribution < -0.4 is 20.1 Å². The van der Waals surface area contributed by atoms with Crippen molar-refractivity contribution in [1.29, 1.82) is 0 Å². The number of rotatable bonds is 10. The van der Waals surface area contributed by atoms with E-state index in [4.69, 9.17) is 4.74 Å². The van der Waals surface area contributed by atoms with E-state index in [1.165, 1.54) is 0 Å². The van der Waals surface area contributed by atoms with Crippen molar-refractivity contribution in [3.8, 4) is 5.88 Å². The van der Waals surface area contributed by atoms with Gasteiger partial charge in [-0.15, -0.1) is 31.4 Å². The highest BCUT2D eigenvalue weighted by Gasteiger charge is 2.63. The van der Waals surface area contributed by atoms with Crippen LogP contribution in [0, 0.1) is 5.92 Å². The van der Waals surface area contributed by atoms with Crippen molar-refractivity contribution >= 4 is 57.4 Å². The Morgan fingerprint density at radius 1 is 1.07 bits per heavy atom. The Labute approximate surface area is 257 Å². The summed E-state index contributed by atoms with van der Waals surface area (Å²) in [7, 11) is -3.96. The van der Waals surface area contributed by atoms with Gasteiger partial charge in [0, 0.05) is 30.5 Å². The van der Waals surface area contributed by atoms with Gasteiger partial charge in [-0.25, -0.2) is 13.4 Å². The Morgan fingerprint density at radius 2 is 1.79 bits per heavy atom. The van der Waals surface area contributed by atoms with Crippen molar-refractivity contribution < 1.29 is 22.7 Å². The second-order valence-corrected chi connectivity index (χ2v) is 13.1. The molecule has 2 saturated carbocycles. The molecule has 2 amide bonds. The predicted octanol–water partition coefficient (Wildman–Crippen LogP) is 3.47. The van der Waals surface area contributed by atoms with Gasteiger partial charge in [-0.05, 0) is 48.8 Å². The van der Waals surface area contributed by atoms with Gasteiger partial charge in [0.25, 0.3) is 5.91 Å². The van der Waals surface area contributed by atoms with Crippen LogP contribution in [0.2, 0.25) is 0 Å². The Morgan fingerprint density at radius 3 is 2.48 bits per heavy atom. The Bertz CT molecular complexity index is 1580. The van der Waals surface area contributed by atoms with Crippen molar-refractivity contribution in [3.63, 3.8) is 0 Å². The van der Waals surface area contributed by atoms with Crippen LogP contribution in [0.1, 0.15) is 31.2 Å². The third-order valence-electron chi connectivity index (χ3n) is 8.35. The number of hydrogen-bond donors (Lipinski definition) is 3. The fourth-order valence-corrected chi connectivity index (χ4v) is 7.29. The first-order valence-electron chi connectivity index (χ1n) is 13.5. The molecule has 12 heteroatoms. The summed E-state index contributed by atoms with van der Waals surface area (Å²) in [4.78, 5) is 31.1. The molecule has 3 fully saturated rings. The van der Waals surface area contributed by atoms with E-state index in [2.05, 4.69) is 26.9 Å². The highest BCUT2D eigenvalue weighted by atomic mass is 35.5. The molecule has 3 aliphatic rings. The average Bonchev–Trinajstić information content (AvgIpc) is 3.84. The lowest BCUT2D eigenvalue weighted by Crippen LogP contribution is -2.56. The van der Waals surface area contributed by atoms with E-state index in [1.807, 2.05) is 60.7 Å². The lowest BCUT2D eigenvalue weighted by Gasteiger charge is -2.23. The number of nitrogens with zero attached hydrogens (tertiary/aromatic N) is 1. The molecule has 42 heavy (non-hydrogen) atoms. The molecule has 0 radical (unpaired) electrons. The van der Waals surface area contributed by atoms with Gasteiger partial charge in [-0.3, -0.25) is 14.3 Å².